The molecule has 0 aromatic carbocycles. The lowest BCUT2D eigenvalue weighted by atomic mass is 9.74. The molecule has 0 spiro atoms. The number of nitriles is 1. The Kier molecular flexibility index (Phi) is 4.16. The third-order valence-electron chi connectivity index (χ3n) is 3.91. The normalized spacial score (nSPS) is 19.2. The molecule has 0 radical (unpaired) electrons. The van der Waals surface area contributed by atoms with E-state index in [1.165, 1.54) is 0 Å². The first-order chi connectivity index (χ1) is 9.18. The maximum atomic E-state index is 12.4. The van der Waals surface area contributed by atoms with Gasteiger partial charge in [-0.15, -0.1) is 0 Å². The maximum absolute atomic E-state index is 12.4. The van der Waals surface area contributed by atoms with Gasteiger partial charge in [-0.1, -0.05) is 19.3 Å². The second-order valence-electron chi connectivity index (χ2n) is 5.23. The first-order valence-corrected chi connectivity index (χ1v) is 6.80. The van der Waals surface area contributed by atoms with Crippen LogP contribution in [0.3, 0.4) is 0 Å². The average Bonchev–Trinajstić information content (AvgIpc) is 2.48. The highest BCUT2D eigenvalue weighted by Crippen LogP contribution is 2.36. The van der Waals surface area contributed by atoms with Gasteiger partial charge in [-0.25, -0.2) is 0 Å². The lowest BCUT2D eigenvalue weighted by molar-refractivity contribution is -0.130. The molecule has 19 heavy (non-hydrogen) atoms. The second kappa shape index (κ2) is 5.83. The number of carbonyl (C=O) groups is 1. The summed E-state index contributed by atoms with van der Waals surface area (Å²) in [7, 11) is 0. The lowest BCUT2D eigenvalue weighted by Gasteiger charge is -2.30. The average molecular weight is 257 g/mol. The van der Waals surface area contributed by atoms with E-state index in [-0.39, 0.29) is 11.9 Å². The van der Waals surface area contributed by atoms with E-state index in [9.17, 15) is 10.1 Å². The number of nitrogens with zero attached hydrogens (tertiary/aromatic N) is 2. The van der Waals surface area contributed by atoms with E-state index in [2.05, 4.69) is 16.4 Å². The van der Waals surface area contributed by atoms with Gasteiger partial charge >= 0.3 is 0 Å². The minimum atomic E-state index is -0.820. The van der Waals surface area contributed by atoms with Crippen LogP contribution >= 0.6 is 0 Å². The van der Waals surface area contributed by atoms with Crippen molar-refractivity contribution in [2.75, 3.05) is 0 Å². The van der Waals surface area contributed by atoms with E-state index < -0.39 is 5.41 Å². The van der Waals surface area contributed by atoms with E-state index >= 15 is 0 Å². The van der Waals surface area contributed by atoms with Crippen molar-refractivity contribution in [2.24, 2.45) is 5.41 Å². The van der Waals surface area contributed by atoms with Gasteiger partial charge in [0.15, 0.2) is 0 Å². The zero-order valence-corrected chi connectivity index (χ0v) is 11.2. The van der Waals surface area contributed by atoms with E-state index in [0.29, 0.717) is 12.8 Å². The van der Waals surface area contributed by atoms with Crippen LogP contribution in [-0.4, -0.2) is 10.9 Å². The van der Waals surface area contributed by atoms with Crippen LogP contribution in [0.15, 0.2) is 24.5 Å². The number of aromatic nitrogens is 1. The second-order valence-corrected chi connectivity index (χ2v) is 5.23. The molecule has 2 rings (SSSR count). The quantitative estimate of drug-likeness (QED) is 0.905. The topological polar surface area (TPSA) is 65.8 Å². The molecule has 100 valence electrons. The molecule has 1 aromatic rings. The Morgan fingerprint density at radius 1 is 1.37 bits per heavy atom. The number of hydrogen-bond acceptors (Lipinski definition) is 3. The molecule has 1 aliphatic carbocycles. The number of nitrogens with one attached hydrogen (secondary N) is 1. The van der Waals surface area contributed by atoms with Crippen molar-refractivity contribution in [3.63, 3.8) is 0 Å². The monoisotopic (exact) mass is 257 g/mol. The van der Waals surface area contributed by atoms with Gasteiger partial charge < -0.3 is 5.32 Å². The molecule has 1 unspecified atom stereocenters. The number of pyridine rings is 1. The highest BCUT2D eigenvalue weighted by molar-refractivity contribution is 5.85. The van der Waals surface area contributed by atoms with Crippen LogP contribution in [0.2, 0.25) is 0 Å². The van der Waals surface area contributed by atoms with E-state index in [1.54, 1.807) is 12.4 Å². The fourth-order valence-electron chi connectivity index (χ4n) is 2.62. The molecule has 4 nitrogen and oxygen atoms in total. The predicted octanol–water partition coefficient (Wildman–Crippen LogP) is 2.73. The molecule has 1 aliphatic rings. The number of hydrogen-bond donors (Lipinski definition) is 1. The van der Waals surface area contributed by atoms with Crippen molar-refractivity contribution in [3.05, 3.63) is 30.1 Å². The molecule has 0 aliphatic heterocycles. The van der Waals surface area contributed by atoms with Crippen molar-refractivity contribution in [1.82, 2.24) is 10.3 Å². The van der Waals surface area contributed by atoms with Crippen LogP contribution < -0.4 is 5.32 Å². The Balaban J connectivity index is 2.06. The van der Waals surface area contributed by atoms with Crippen LogP contribution in [0.5, 0.6) is 0 Å². The molecular formula is C15H19N3O. The van der Waals surface area contributed by atoms with Crippen LogP contribution in [0.4, 0.5) is 0 Å². The van der Waals surface area contributed by atoms with Gasteiger partial charge in [0.25, 0.3) is 0 Å². The van der Waals surface area contributed by atoms with Crippen LogP contribution in [0.25, 0.3) is 0 Å². The number of amides is 1. The summed E-state index contributed by atoms with van der Waals surface area (Å²) in [4.78, 5) is 16.3. The van der Waals surface area contributed by atoms with Gasteiger partial charge in [-0.05, 0) is 37.5 Å². The molecule has 4 heteroatoms. The molecule has 1 saturated carbocycles. The largest absolute Gasteiger partial charge is 0.348 e. The summed E-state index contributed by atoms with van der Waals surface area (Å²) >= 11 is 0. The Morgan fingerprint density at radius 3 is 2.58 bits per heavy atom. The lowest BCUT2D eigenvalue weighted by Crippen LogP contribution is -2.42. The molecule has 1 N–H and O–H groups in total. The summed E-state index contributed by atoms with van der Waals surface area (Å²) in [5.74, 6) is -0.126. The smallest absolute Gasteiger partial charge is 0.240 e. The van der Waals surface area contributed by atoms with Crippen LogP contribution in [-0.2, 0) is 4.79 Å². The third-order valence-corrected chi connectivity index (χ3v) is 3.91. The van der Waals surface area contributed by atoms with Gasteiger partial charge in [0.1, 0.15) is 5.41 Å². The Hall–Kier alpha value is -1.89. The number of carbonyl (C=O) groups excluding carboxylic acids is 1. The molecule has 1 aromatic heterocycles. The molecule has 0 saturated heterocycles. The Bertz CT molecular complexity index is 472. The summed E-state index contributed by atoms with van der Waals surface area (Å²) < 4.78 is 0. The summed E-state index contributed by atoms with van der Waals surface area (Å²) in [5, 5.41) is 12.3. The molecule has 1 atom stereocenters. The summed E-state index contributed by atoms with van der Waals surface area (Å²) in [6.45, 7) is 1.93. The Labute approximate surface area is 113 Å². The summed E-state index contributed by atoms with van der Waals surface area (Å²) in [6.07, 6.45) is 7.82. The third kappa shape index (κ3) is 2.93. The Morgan fingerprint density at radius 2 is 2.00 bits per heavy atom. The van der Waals surface area contributed by atoms with Gasteiger partial charge in [0.05, 0.1) is 12.1 Å². The van der Waals surface area contributed by atoms with Crippen molar-refractivity contribution in [3.8, 4) is 6.07 Å². The van der Waals surface area contributed by atoms with Crippen molar-refractivity contribution < 1.29 is 4.79 Å². The molecule has 0 bridgehead atoms. The predicted molar refractivity (Wildman–Crippen MR) is 71.9 cm³/mol. The molecule has 1 amide bonds. The first-order valence-electron chi connectivity index (χ1n) is 6.80. The van der Waals surface area contributed by atoms with Gasteiger partial charge in [-0.2, -0.15) is 5.26 Å². The van der Waals surface area contributed by atoms with E-state index in [4.69, 9.17) is 0 Å². The van der Waals surface area contributed by atoms with Crippen molar-refractivity contribution >= 4 is 5.91 Å². The van der Waals surface area contributed by atoms with E-state index in [1.807, 2.05) is 19.1 Å². The molecule has 1 fully saturated rings. The van der Waals surface area contributed by atoms with Crippen LogP contribution in [0.1, 0.15) is 50.6 Å². The maximum Gasteiger partial charge on any atom is 0.240 e. The minimum Gasteiger partial charge on any atom is -0.348 e. The SMILES string of the molecule is CC(NC(=O)C1(C#N)CCCCC1)c1ccncc1. The van der Waals surface area contributed by atoms with Crippen molar-refractivity contribution in [1.29, 1.82) is 5.26 Å². The summed E-state index contributed by atoms with van der Waals surface area (Å²) in [6, 6.07) is 5.91. The first kappa shape index (κ1) is 13.5. The fourth-order valence-corrected chi connectivity index (χ4v) is 2.62. The van der Waals surface area contributed by atoms with E-state index in [0.717, 1.165) is 24.8 Å². The highest BCUT2D eigenvalue weighted by Gasteiger charge is 2.40. The molecular weight excluding hydrogens is 238 g/mol. The highest BCUT2D eigenvalue weighted by atomic mass is 16.2. The number of rotatable bonds is 3. The van der Waals surface area contributed by atoms with Crippen LogP contribution in [0, 0.1) is 16.7 Å². The zero-order chi connectivity index (χ0) is 13.7. The van der Waals surface area contributed by atoms with Gasteiger partial charge in [0, 0.05) is 12.4 Å². The standard InChI is InChI=1S/C15H19N3O/c1-12(13-5-9-17-10-6-13)18-14(19)15(11-16)7-3-2-4-8-15/h5-6,9-10,12H,2-4,7-8H2,1H3,(H,18,19). The molecule has 1 heterocycles. The zero-order valence-electron chi connectivity index (χ0n) is 11.2. The fraction of sp³-hybridized carbons (Fsp3) is 0.533. The van der Waals surface area contributed by atoms with Gasteiger partial charge in [0.2, 0.25) is 5.91 Å². The minimum absolute atomic E-state index is 0.0948. The van der Waals surface area contributed by atoms with Gasteiger partial charge in [-0.3, -0.25) is 9.78 Å². The summed E-state index contributed by atoms with van der Waals surface area (Å²) in [5.41, 5.74) is 0.187. The van der Waals surface area contributed by atoms with Crippen molar-refractivity contribution in [2.45, 2.75) is 45.1 Å².